The lowest BCUT2D eigenvalue weighted by atomic mass is 10.1. The minimum atomic E-state index is 0.336. The van der Waals surface area contributed by atoms with Crippen molar-refractivity contribution in [2.45, 2.75) is 57.4 Å². The zero-order valence-electron chi connectivity index (χ0n) is 13.0. The van der Waals surface area contributed by atoms with E-state index in [1.54, 1.807) is 0 Å². The van der Waals surface area contributed by atoms with Gasteiger partial charge in [-0.3, -0.25) is 0 Å². The smallest absolute Gasteiger partial charge is 0.231 e. The molecule has 2 N–H and O–H groups in total. The summed E-state index contributed by atoms with van der Waals surface area (Å²) in [5.41, 5.74) is 5.91. The minimum absolute atomic E-state index is 0.336. The molecule has 1 aromatic rings. The lowest BCUT2D eigenvalue weighted by Gasteiger charge is -2.28. The Bertz CT molecular complexity index is 463. The van der Waals surface area contributed by atoms with Crippen molar-refractivity contribution in [1.29, 1.82) is 0 Å². The van der Waals surface area contributed by atoms with Crippen LogP contribution in [0.1, 0.15) is 51.4 Å². The van der Waals surface area contributed by atoms with Crippen LogP contribution in [0.3, 0.4) is 0 Å². The number of nitrogens with zero attached hydrogens (tertiary/aromatic N) is 5. The number of anilines is 3. The van der Waals surface area contributed by atoms with E-state index in [0.717, 1.165) is 25.0 Å². The molecule has 0 spiro atoms. The Labute approximate surface area is 126 Å². The Morgan fingerprint density at radius 2 is 1.62 bits per heavy atom. The van der Waals surface area contributed by atoms with Crippen LogP contribution in [-0.4, -0.2) is 41.1 Å². The molecular weight excluding hydrogens is 264 g/mol. The van der Waals surface area contributed by atoms with Crippen molar-refractivity contribution in [2.75, 3.05) is 35.7 Å². The highest BCUT2D eigenvalue weighted by Crippen LogP contribution is 2.25. The number of hydrogen-bond donors (Lipinski definition) is 1. The van der Waals surface area contributed by atoms with Crippen LogP contribution < -0.4 is 15.5 Å². The number of nitrogens with two attached hydrogens (primary N) is 1. The van der Waals surface area contributed by atoms with E-state index in [4.69, 9.17) is 5.73 Å². The van der Waals surface area contributed by atoms with Crippen LogP contribution >= 0.6 is 0 Å². The zero-order valence-corrected chi connectivity index (χ0v) is 13.0. The van der Waals surface area contributed by atoms with Crippen molar-refractivity contribution in [1.82, 2.24) is 15.0 Å². The first-order valence-corrected chi connectivity index (χ1v) is 8.23. The molecule has 1 aliphatic carbocycles. The van der Waals surface area contributed by atoms with Crippen molar-refractivity contribution in [3.8, 4) is 0 Å². The summed E-state index contributed by atoms with van der Waals surface area (Å²) in [5.74, 6) is 1.81. The molecule has 1 aromatic heterocycles. The lowest BCUT2D eigenvalue weighted by Crippen LogP contribution is -2.33. The summed E-state index contributed by atoms with van der Waals surface area (Å²) in [6, 6.07) is 0.528. The molecule has 1 saturated carbocycles. The van der Waals surface area contributed by atoms with Gasteiger partial charge in [-0.05, 0) is 25.7 Å². The van der Waals surface area contributed by atoms with Gasteiger partial charge >= 0.3 is 0 Å². The average Bonchev–Trinajstić information content (AvgIpc) is 2.89. The van der Waals surface area contributed by atoms with Gasteiger partial charge in [0, 0.05) is 26.2 Å². The van der Waals surface area contributed by atoms with Crippen LogP contribution in [0.25, 0.3) is 0 Å². The largest absolute Gasteiger partial charge is 0.368 e. The van der Waals surface area contributed by atoms with Gasteiger partial charge in [0.2, 0.25) is 17.8 Å². The monoisotopic (exact) mass is 290 g/mol. The van der Waals surface area contributed by atoms with Crippen LogP contribution in [0.4, 0.5) is 17.8 Å². The van der Waals surface area contributed by atoms with Crippen LogP contribution in [0.15, 0.2) is 0 Å². The Morgan fingerprint density at radius 1 is 0.952 bits per heavy atom. The second-order valence-electron chi connectivity index (χ2n) is 6.24. The summed E-state index contributed by atoms with van der Waals surface area (Å²) in [5, 5.41) is 0. The summed E-state index contributed by atoms with van der Waals surface area (Å²) in [6.45, 7) is 2.05. The third kappa shape index (κ3) is 3.36. The van der Waals surface area contributed by atoms with Gasteiger partial charge in [0.1, 0.15) is 0 Å². The Balaban J connectivity index is 1.79. The molecule has 0 aromatic carbocycles. The van der Waals surface area contributed by atoms with E-state index in [2.05, 4.69) is 31.8 Å². The van der Waals surface area contributed by atoms with Crippen LogP contribution in [0.5, 0.6) is 0 Å². The molecule has 1 aliphatic heterocycles. The summed E-state index contributed by atoms with van der Waals surface area (Å²) >= 11 is 0. The maximum atomic E-state index is 5.91. The van der Waals surface area contributed by atoms with Crippen LogP contribution in [-0.2, 0) is 0 Å². The maximum absolute atomic E-state index is 5.91. The molecule has 0 amide bonds. The summed E-state index contributed by atoms with van der Waals surface area (Å²) in [4.78, 5) is 17.8. The molecule has 0 unspecified atom stereocenters. The number of rotatable bonds is 3. The first-order chi connectivity index (χ1) is 10.2. The molecule has 2 fully saturated rings. The number of hydrogen-bond acceptors (Lipinski definition) is 6. The van der Waals surface area contributed by atoms with Gasteiger partial charge in [-0.25, -0.2) is 0 Å². The fourth-order valence-corrected chi connectivity index (χ4v) is 3.39. The van der Waals surface area contributed by atoms with E-state index in [1.165, 1.54) is 51.4 Å². The van der Waals surface area contributed by atoms with Gasteiger partial charge in [0.25, 0.3) is 0 Å². The molecule has 2 heterocycles. The van der Waals surface area contributed by atoms with Gasteiger partial charge in [-0.15, -0.1) is 0 Å². The summed E-state index contributed by atoms with van der Waals surface area (Å²) < 4.78 is 0. The molecule has 3 rings (SSSR count). The van der Waals surface area contributed by atoms with E-state index >= 15 is 0 Å². The second kappa shape index (κ2) is 6.45. The standard InChI is InChI=1S/C15H26N6/c1-20(12-8-4-2-3-5-9-12)14-17-13(16)18-15(19-14)21-10-6-7-11-21/h12H,2-11H2,1H3,(H2,16,17,18,19). The van der Waals surface area contributed by atoms with Crippen molar-refractivity contribution in [3.05, 3.63) is 0 Å². The van der Waals surface area contributed by atoms with Gasteiger partial charge in [0.15, 0.2) is 0 Å². The molecule has 1 saturated heterocycles. The van der Waals surface area contributed by atoms with Crippen LogP contribution in [0.2, 0.25) is 0 Å². The van der Waals surface area contributed by atoms with Crippen LogP contribution in [0, 0.1) is 0 Å². The number of nitrogen functional groups attached to an aromatic ring is 1. The predicted molar refractivity (Wildman–Crippen MR) is 85.6 cm³/mol. The van der Waals surface area contributed by atoms with Gasteiger partial charge < -0.3 is 15.5 Å². The van der Waals surface area contributed by atoms with Crippen molar-refractivity contribution >= 4 is 17.8 Å². The molecular formula is C15H26N6. The highest BCUT2D eigenvalue weighted by atomic mass is 15.4. The first kappa shape index (κ1) is 14.4. The van der Waals surface area contributed by atoms with E-state index in [-0.39, 0.29) is 0 Å². The fourth-order valence-electron chi connectivity index (χ4n) is 3.39. The SMILES string of the molecule is CN(c1nc(N)nc(N2CCCC2)n1)C1CCCCCC1. The summed E-state index contributed by atoms with van der Waals surface area (Å²) in [6.07, 6.45) is 10.2. The number of aromatic nitrogens is 3. The second-order valence-corrected chi connectivity index (χ2v) is 6.24. The highest BCUT2D eigenvalue weighted by Gasteiger charge is 2.22. The highest BCUT2D eigenvalue weighted by molar-refractivity contribution is 5.44. The fraction of sp³-hybridized carbons (Fsp3) is 0.800. The molecule has 0 bridgehead atoms. The third-order valence-corrected chi connectivity index (χ3v) is 4.71. The minimum Gasteiger partial charge on any atom is -0.368 e. The molecule has 0 radical (unpaired) electrons. The maximum Gasteiger partial charge on any atom is 0.231 e. The zero-order chi connectivity index (χ0) is 14.7. The van der Waals surface area contributed by atoms with Crippen molar-refractivity contribution < 1.29 is 0 Å². The first-order valence-electron chi connectivity index (χ1n) is 8.23. The molecule has 0 atom stereocenters. The molecule has 6 heteroatoms. The predicted octanol–water partition coefficient (Wildman–Crippen LogP) is 2.21. The molecule has 116 valence electrons. The molecule has 6 nitrogen and oxygen atoms in total. The van der Waals surface area contributed by atoms with Gasteiger partial charge in [-0.2, -0.15) is 15.0 Å². The quantitative estimate of drug-likeness (QED) is 0.861. The van der Waals surface area contributed by atoms with Gasteiger partial charge in [-0.1, -0.05) is 25.7 Å². The van der Waals surface area contributed by atoms with E-state index in [0.29, 0.717) is 12.0 Å². The van der Waals surface area contributed by atoms with E-state index < -0.39 is 0 Å². The average molecular weight is 290 g/mol. The topological polar surface area (TPSA) is 71.2 Å². The molecule has 21 heavy (non-hydrogen) atoms. The Hall–Kier alpha value is -1.59. The Morgan fingerprint density at radius 3 is 2.29 bits per heavy atom. The van der Waals surface area contributed by atoms with Crippen molar-refractivity contribution in [3.63, 3.8) is 0 Å². The third-order valence-electron chi connectivity index (χ3n) is 4.71. The van der Waals surface area contributed by atoms with E-state index in [9.17, 15) is 0 Å². The Kier molecular flexibility index (Phi) is 4.41. The van der Waals surface area contributed by atoms with E-state index in [1.807, 2.05) is 0 Å². The molecule has 2 aliphatic rings. The lowest BCUT2D eigenvalue weighted by molar-refractivity contribution is 0.544. The van der Waals surface area contributed by atoms with Crippen molar-refractivity contribution in [2.24, 2.45) is 0 Å². The van der Waals surface area contributed by atoms with Gasteiger partial charge in [0.05, 0.1) is 0 Å². The summed E-state index contributed by atoms with van der Waals surface area (Å²) in [7, 11) is 2.10. The normalized spacial score (nSPS) is 20.5.